The number of anilines is 1. The summed E-state index contributed by atoms with van der Waals surface area (Å²) in [6.45, 7) is 0.354. The van der Waals surface area contributed by atoms with Crippen molar-refractivity contribution >= 4 is 28.3 Å². The topological polar surface area (TPSA) is 135 Å². The Morgan fingerprint density at radius 3 is 2.54 bits per heavy atom. The number of carbonyl (C=O) groups excluding carboxylic acids is 2. The van der Waals surface area contributed by atoms with Crippen molar-refractivity contribution in [2.45, 2.75) is 76.1 Å². The molecule has 1 amide bonds. The van der Waals surface area contributed by atoms with Crippen LogP contribution in [-0.4, -0.2) is 45.8 Å². The number of hydrogen-bond donors (Lipinski definition) is 4. The Kier molecular flexibility index (Phi) is 10.4. The van der Waals surface area contributed by atoms with E-state index in [9.17, 15) is 19.8 Å². The summed E-state index contributed by atoms with van der Waals surface area (Å²) in [4.78, 5) is 29.2. The number of aliphatic hydroxyl groups excluding tert-OH is 2. The fourth-order valence-corrected chi connectivity index (χ4v) is 5.28. The van der Waals surface area contributed by atoms with E-state index in [1.807, 2.05) is 48.5 Å². The van der Waals surface area contributed by atoms with Crippen LogP contribution < -0.4 is 11.1 Å². The summed E-state index contributed by atoms with van der Waals surface area (Å²) in [7, 11) is 0. The molecule has 0 spiro atoms. The minimum atomic E-state index is -0.503. The average Bonchev–Trinajstić information content (AvgIpc) is 3.26. The first kappa shape index (κ1) is 28.7. The van der Waals surface area contributed by atoms with Crippen molar-refractivity contribution in [2.75, 3.05) is 11.9 Å². The van der Waals surface area contributed by atoms with Crippen LogP contribution in [0.4, 0.5) is 5.69 Å². The normalized spacial score (nSPS) is 19.6. The molecule has 208 valence electrons. The third-order valence-corrected chi connectivity index (χ3v) is 7.58. The first-order valence-corrected chi connectivity index (χ1v) is 13.9. The summed E-state index contributed by atoms with van der Waals surface area (Å²) in [6.07, 6.45) is 8.95. The van der Waals surface area contributed by atoms with Crippen LogP contribution in [0.15, 0.2) is 60.9 Å². The molecule has 4 atom stereocenters. The van der Waals surface area contributed by atoms with E-state index >= 15 is 0 Å². The molecule has 4 unspecified atom stereocenters. The highest BCUT2D eigenvalue weighted by Crippen LogP contribution is 2.30. The Morgan fingerprint density at radius 2 is 1.79 bits per heavy atom. The van der Waals surface area contributed by atoms with Crippen LogP contribution >= 0.6 is 0 Å². The Bertz CT molecular complexity index is 1230. The van der Waals surface area contributed by atoms with E-state index in [0.29, 0.717) is 24.9 Å². The molecule has 1 aliphatic carbocycles. The highest BCUT2D eigenvalue weighted by atomic mass is 16.5. The fourth-order valence-electron chi connectivity index (χ4n) is 5.28. The number of nitrogens with one attached hydrogen (secondary N) is 1. The molecule has 0 radical (unpaired) electrons. The van der Waals surface area contributed by atoms with Gasteiger partial charge in [-0.05, 0) is 66.3 Å². The van der Waals surface area contributed by atoms with Crippen LogP contribution in [0.25, 0.3) is 10.8 Å². The second kappa shape index (κ2) is 14.2. The quantitative estimate of drug-likeness (QED) is 0.189. The van der Waals surface area contributed by atoms with Gasteiger partial charge >= 0.3 is 5.97 Å². The minimum absolute atomic E-state index is 0.168. The summed E-state index contributed by atoms with van der Waals surface area (Å²) in [5.74, 6) is -0.703. The molecule has 0 bridgehead atoms. The van der Waals surface area contributed by atoms with Gasteiger partial charge in [-0.1, -0.05) is 49.6 Å². The van der Waals surface area contributed by atoms with Crippen molar-refractivity contribution in [1.82, 2.24) is 4.98 Å². The summed E-state index contributed by atoms with van der Waals surface area (Å²) in [6, 6.07) is 15.0. The molecule has 2 aromatic carbocycles. The molecule has 3 aromatic rings. The van der Waals surface area contributed by atoms with E-state index in [0.717, 1.165) is 54.0 Å². The van der Waals surface area contributed by atoms with Gasteiger partial charge in [0, 0.05) is 36.4 Å². The van der Waals surface area contributed by atoms with E-state index in [2.05, 4.69) is 10.3 Å². The molecule has 39 heavy (non-hydrogen) atoms. The SMILES string of the molecule is NCC(C(=O)Nc1ccc2cnccc2c1)c1ccc(COC(=O)CCCCCCC2CC(O)CC2O)cc1. The van der Waals surface area contributed by atoms with Gasteiger partial charge in [-0.2, -0.15) is 0 Å². The second-order valence-electron chi connectivity index (χ2n) is 10.5. The third kappa shape index (κ3) is 8.33. The van der Waals surface area contributed by atoms with Gasteiger partial charge in [0.15, 0.2) is 0 Å². The van der Waals surface area contributed by atoms with Gasteiger partial charge < -0.3 is 26.0 Å². The maximum absolute atomic E-state index is 12.9. The Labute approximate surface area is 229 Å². The van der Waals surface area contributed by atoms with Crippen molar-refractivity contribution in [3.05, 3.63) is 72.1 Å². The number of amides is 1. The van der Waals surface area contributed by atoms with E-state index < -0.39 is 5.92 Å². The van der Waals surface area contributed by atoms with Crippen LogP contribution in [0.3, 0.4) is 0 Å². The van der Waals surface area contributed by atoms with Crippen LogP contribution in [-0.2, 0) is 20.9 Å². The van der Waals surface area contributed by atoms with Crippen molar-refractivity contribution in [3.8, 4) is 0 Å². The first-order chi connectivity index (χ1) is 18.9. The first-order valence-electron chi connectivity index (χ1n) is 13.9. The predicted molar refractivity (Wildman–Crippen MR) is 151 cm³/mol. The van der Waals surface area contributed by atoms with Crippen molar-refractivity contribution in [2.24, 2.45) is 11.7 Å². The molecule has 1 aromatic heterocycles. The lowest BCUT2D eigenvalue weighted by Gasteiger charge is -2.16. The summed E-state index contributed by atoms with van der Waals surface area (Å²) in [5, 5.41) is 24.5. The summed E-state index contributed by atoms with van der Waals surface area (Å²) >= 11 is 0. The number of esters is 1. The van der Waals surface area contributed by atoms with E-state index in [-0.39, 0.29) is 43.2 Å². The molecular weight excluding hydrogens is 494 g/mol. The number of aliphatic hydroxyl groups is 2. The lowest BCUT2D eigenvalue weighted by atomic mass is 9.97. The number of unbranched alkanes of at least 4 members (excludes halogenated alkanes) is 3. The molecule has 4 rings (SSSR count). The number of ether oxygens (including phenoxy) is 1. The number of pyridine rings is 1. The Morgan fingerprint density at radius 1 is 1.00 bits per heavy atom. The molecule has 5 N–H and O–H groups in total. The number of benzene rings is 2. The molecule has 8 heteroatoms. The zero-order valence-corrected chi connectivity index (χ0v) is 22.3. The van der Waals surface area contributed by atoms with Crippen molar-refractivity contribution in [3.63, 3.8) is 0 Å². The maximum atomic E-state index is 12.9. The third-order valence-electron chi connectivity index (χ3n) is 7.58. The van der Waals surface area contributed by atoms with Crippen LogP contribution in [0.2, 0.25) is 0 Å². The molecule has 1 fully saturated rings. The monoisotopic (exact) mass is 533 g/mol. The number of hydrogen-bond acceptors (Lipinski definition) is 7. The second-order valence-corrected chi connectivity index (χ2v) is 10.5. The van der Waals surface area contributed by atoms with Gasteiger partial charge in [0.2, 0.25) is 5.91 Å². The average molecular weight is 534 g/mol. The highest BCUT2D eigenvalue weighted by molar-refractivity contribution is 5.98. The largest absolute Gasteiger partial charge is 0.461 e. The zero-order valence-electron chi connectivity index (χ0n) is 22.3. The molecular formula is C31H39N3O5. The Hall–Kier alpha value is -3.33. The van der Waals surface area contributed by atoms with Crippen molar-refractivity contribution < 1.29 is 24.5 Å². The molecule has 0 saturated heterocycles. The van der Waals surface area contributed by atoms with Crippen molar-refractivity contribution in [1.29, 1.82) is 0 Å². The molecule has 1 saturated carbocycles. The number of aromatic nitrogens is 1. The number of nitrogens with two attached hydrogens (primary N) is 1. The van der Waals surface area contributed by atoms with E-state index in [1.165, 1.54) is 0 Å². The van der Waals surface area contributed by atoms with Gasteiger partial charge in [0.25, 0.3) is 0 Å². The lowest BCUT2D eigenvalue weighted by Crippen LogP contribution is -2.27. The summed E-state index contributed by atoms with van der Waals surface area (Å²) < 4.78 is 5.42. The maximum Gasteiger partial charge on any atom is 0.306 e. The zero-order chi connectivity index (χ0) is 27.6. The van der Waals surface area contributed by atoms with Gasteiger partial charge in [-0.25, -0.2) is 0 Å². The summed E-state index contributed by atoms with van der Waals surface area (Å²) in [5.41, 5.74) is 8.30. The van der Waals surface area contributed by atoms with Gasteiger partial charge in [0.05, 0.1) is 18.1 Å². The van der Waals surface area contributed by atoms with Crippen LogP contribution in [0.1, 0.15) is 68.4 Å². The van der Waals surface area contributed by atoms with E-state index in [1.54, 1.807) is 12.4 Å². The van der Waals surface area contributed by atoms with Gasteiger partial charge in [-0.3, -0.25) is 14.6 Å². The van der Waals surface area contributed by atoms with Gasteiger partial charge in [0.1, 0.15) is 6.61 Å². The number of carbonyl (C=O) groups is 2. The highest BCUT2D eigenvalue weighted by Gasteiger charge is 2.30. The standard InChI is InChI=1S/C31H39N3O5/c32-18-28(31(38)34-26-12-11-25-19-33-14-13-23(25)15-26)22-9-7-21(8-10-22)20-39-30(37)6-4-2-1-3-5-24-16-27(35)17-29(24)36/h7-15,19,24,27-29,35-36H,1-6,16-18,20,32H2,(H,34,38). The van der Waals surface area contributed by atoms with E-state index in [4.69, 9.17) is 10.5 Å². The van der Waals surface area contributed by atoms with Gasteiger partial charge in [-0.15, -0.1) is 0 Å². The van der Waals surface area contributed by atoms with Crippen LogP contribution in [0, 0.1) is 5.92 Å². The molecule has 1 heterocycles. The molecule has 1 aliphatic rings. The fraction of sp³-hybridized carbons (Fsp3) is 0.452. The number of fused-ring (bicyclic) bond motifs is 1. The number of rotatable bonds is 13. The number of nitrogens with zero attached hydrogens (tertiary/aromatic N) is 1. The molecule has 8 nitrogen and oxygen atoms in total. The minimum Gasteiger partial charge on any atom is -0.461 e. The smallest absolute Gasteiger partial charge is 0.306 e. The Balaban J connectivity index is 1.16. The molecule has 0 aliphatic heterocycles. The van der Waals surface area contributed by atoms with Crippen LogP contribution in [0.5, 0.6) is 0 Å². The predicted octanol–water partition coefficient (Wildman–Crippen LogP) is 4.43. The lowest BCUT2D eigenvalue weighted by molar-refractivity contribution is -0.145.